The van der Waals surface area contributed by atoms with Crippen molar-refractivity contribution in [2.45, 2.75) is 13.5 Å². The number of nitrogens with one attached hydrogen (secondary N) is 1. The first kappa shape index (κ1) is 12.0. The Morgan fingerprint density at radius 1 is 1.31 bits per heavy atom. The number of carbonyl (C=O) groups is 1. The van der Waals surface area contributed by atoms with E-state index in [1.165, 1.54) is 6.08 Å². The number of rotatable bonds is 4. The highest BCUT2D eigenvalue weighted by atomic mass is 16.1. The molecule has 0 aliphatic carbocycles. The van der Waals surface area contributed by atoms with Gasteiger partial charge in [0.05, 0.1) is 0 Å². The van der Waals surface area contributed by atoms with E-state index in [9.17, 15) is 4.79 Å². The van der Waals surface area contributed by atoms with E-state index in [1.54, 1.807) is 6.08 Å². The minimum absolute atomic E-state index is 0.102. The van der Waals surface area contributed by atoms with Crippen molar-refractivity contribution in [3.8, 4) is 0 Å². The molecule has 0 aliphatic heterocycles. The Labute approximate surface area is 95.7 Å². The van der Waals surface area contributed by atoms with Gasteiger partial charge in [0, 0.05) is 18.3 Å². The lowest BCUT2D eigenvalue weighted by molar-refractivity contribution is -0.116. The molecule has 0 atom stereocenters. The second-order valence-corrected chi connectivity index (χ2v) is 3.34. The first-order chi connectivity index (χ1) is 7.72. The lowest BCUT2D eigenvalue weighted by atomic mass is 10.2. The Morgan fingerprint density at radius 3 is 2.62 bits per heavy atom. The zero-order chi connectivity index (χ0) is 11.8. The van der Waals surface area contributed by atoms with Crippen LogP contribution in [-0.4, -0.2) is 5.91 Å². The number of nitrogens with two attached hydrogens (primary N) is 1. The Hall–Kier alpha value is -2.03. The molecule has 3 nitrogen and oxygen atoms in total. The minimum Gasteiger partial charge on any atom is -0.399 e. The highest BCUT2D eigenvalue weighted by Gasteiger charge is 1.95. The molecule has 0 saturated heterocycles. The molecule has 16 heavy (non-hydrogen) atoms. The maximum absolute atomic E-state index is 11.3. The van der Waals surface area contributed by atoms with Crippen molar-refractivity contribution in [1.82, 2.24) is 5.32 Å². The Kier molecular flexibility index (Phi) is 4.86. The van der Waals surface area contributed by atoms with Crippen LogP contribution in [0.2, 0.25) is 0 Å². The third-order valence-electron chi connectivity index (χ3n) is 2.00. The third kappa shape index (κ3) is 4.46. The van der Waals surface area contributed by atoms with Crippen LogP contribution in [0, 0.1) is 0 Å². The van der Waals surface area contributed by atoms with Crippen molar-refractivity contribution >= 4 is 11.6 Å². The van der Waals surface area contributed by atoms with Crippen LogP contribution in [0.5, 0.6) is 0 Å². The molecule has 84 valence electrons. The van der Waals surface area contributed by atoms with E-state index in [-0.39, 0.29) is 5.91 Å². The zero-order valence-corrected chi connectivity index (χ0v) is 9.31. The highest BCUT2D eigenvalue weighted by Crippen LogP contribution is 2.04. The predicted molar refractivity (Wildman–Crippen MR) is 66.7 cm³/mol. The normalized spacial score (nSPS) is 11.1. The minimum atomic E-state index is -0.102. The molecule has 0 bridgehead atoms. The van der Waals surface area contributed by atoms with Gasteiger partial charge in [0.25, 0.3) is 0 Å². The van der Waals surface area contributed by atoms with Crippen LogP contribution in [0.15, 0.2) is 48.6 Å². The van der Waals surface area contributed by atoms with E-state index in [4.69, 9.17) is 5.73 Å². The van der Waals surface area contributed by atoms with Crippen molar-refractivity contribution < 1.29 is 4.79 Å². The molecule has 0 fully saturated rings. The summed E-state index contributed by atoms with van der Waals surface area (Å²) in [7, 11) is 0. The summed E-state index contributed by atoms with van der Waals surface area (Å²) in [6, 6.07) is 7.42. The predicted octanol–water partition coefficient (Wildman–Crippen LogP) is 2.02. The Balaban J connectivity index is 2.40. The fourth-order valence-corrected chi connectivity index (χ4v) is 1.14. The Bertz CT molecular complexity index is 391. The molecule has 1 aromatic rings. The average molecular weight is 216 g/mol. The molecule has 0 heterocycles. The van der Waals surface area contributed by atoms with E-state index in [2.05, 4.69) is 5.32 Å². The van der Waals surface area contributed by atoms with Crippen LogP contribution in [0.3, 0.4) is 0 Å². The standard InChI is InChI=1S/C13H16N2O/c1-2-3-4-5-13(16)15-10-11-6-8-12(14)9-7-11/h2-9H,10,14H2,1H3,(H,15,16)/b3-2+,5-4+. The van der Waals surface area contributed by atoms with Crippen LogP contribution in [0.4, 0.5) is 5.69 Å². The summed E-state index contributed by atoms with van der Waals surface area (Å²) in [4.78, 5) is 11.3. The van der Waals surface area contributed by atoms with Gasteiger partial charge >= 0.3 is 0 Å². The molecular formula is C13H16N2O. The van der Waals surface area contributed by atoms with E-state index >= 15 is 0 Å². The van der Waals surface area contributed by atoms with Gasteiger partial charge in [-0.2, -0.15) is 0 Å². The van der Waals surface area contributed by atoms with E-state index in [0.717, 1.165) is 11.3 Å². The summed E-state index contributed by atoms with van der Waals surface area (Å²) >= 11 is 0. The molecule has 0 aromatic heterocycles. The summed E-state index contributed by atoms with van der Waals surface area (Å²) in [5.74, 6) is -0.102. The van der Waals surface area contributed by atoms with Gasteiger partial charge in [-0.25, -0.2) is 0 Å². The first-order valence-corrected chi connectivity index (χ1v) is 5.14. The van der Waals surface area contributed by atoms with Crippen molar-refractivity contribution in [1.29, 1.82) is 0 Å². The molecule has 0 saturated carbocycles. The number of benzene rings is 1. The molecule has 0 spiro atoms. The van der Waals surface area contributed by atoms with E-state index < -0.39 is 0 Å². The highest BCUT2D eigenvalue weighted by molar-refractivity contribution is 5.87. The molecule has 0 unspecified atom stereocenters. The zero-order valence-electron chi connectivity index (χ0n) is 9.31. The van der Waals surface area contributed by atoms with Crippen molar-refractivity contribution in [3.05, 3.63) is 54.1 Å². The van der Waals surface area contributed by atoms with Crippen molar-refractivity contribution in [2.75, 3.05) is 5.73 Å². The van der Waals surface area contributed by atoms with Gasteiger partial charge in [0.15, 0.2) is 0 Å². The number of amides is 1. The lowest BCUT2D eigenvalue weighted by Crippen LogP contribution is -2.20. The fourth-order valence-electron chi connectivity index (χ4n) is 1.14. The molecule has 1 rings (SSSR count). The summed E-state index contributed by atoms with van der Waals surface area (Å²) in [5.41, 5.74) is 7.31. The third-order valence-corrected chi connectivity index (χ3v) is 2.00. The van der Waals surface area contributed by atoms with Gasteiger partial charge in [-0.15, -0.1) is 0 Å². The maximum atomic E-state index is 11.3. The van der Waals surface area contributed by atoms with Gasteiger partial charge in [-0.05, 0) is 24.6 Å². The van der Waals surface area contributed by atoms with Crippen LogP contribution < -0.4 is 11.1 Å². The number of anilines is 1. The van der Waals surface area contributed by atoms with Crippen molar-refractivity contribution in [3.63, 3.8) is 0 Å². The molecule has 1 aromatic carbocycles. The van der Waals surface area contributed by atoms with Gasteiger partial charge in [-0.1, -0.05) is 30.4 Å². The van der Waals surface area contributed by atoms with E-state index in [1.807, 2.05) is 43.3 Å². The quantitative estimate of drug-likeness (QED) is 0.459. The van der Waals surface area contributed by atoms with E-state index in [0.29, 0.717) is 6.54 Å². The van der Waals surface area contributed by atoms with Crippen LogP contribution >= 0.6 is 0 Å². The topological polar surface area (TPSA) is 55.1 Å². The van der Waals surface area contributed by atoms with Crippen molar-refractivity contribution in [2.24, 2.45) is 0 Å². The van der Waals surface area contributed by atoms with Gasteiger partial charge in [0.1, 0.15) is 0 Å². The summed E-state index contributed by atoms with van der Waals surface area (Å²) < 4.78 is 0. The fraction of sp³-hybridized carbons (Fsp3) is 0.154. The monoisotopic (exact) mass is 216 g/mol. The smallest absolute Gasteiger partial charge is 0.244 e. The van der Waals surface area contributed by atoms with Gasteiger partial charge < -0.3 is 11.1 Å². The SMILES string of the molecule is C/C=C/C=C/C(=O)NCc1ccc(N)cc1. The molecule has 0 aliphatic rings. The number of hydrogen-bond acceptors (Lipinski definition) is 2. The largest absolute Gasteiger partial charge is 0.399 e. The molecule has 3 N–H and O–H groups in total. The van der Waals surface area contributed by atoms with Crippen LogP contribution in [0.25, 0.3) is 0 Å². The molecular weight excluding hydrogens is 200 g/mol. The second-order valence-electron chi connectivity index (χ2n) is 3.34. The van der Waals surface area contributed by atoms with Gasteiger partial charge in [0.2, 0.25) is 5.91 Å². The van der Waals surface area contributed by atoms with Gasteiger partial charge in [-0.3, -0.25) is 4.79 Å². The lowest BCUT2D eigenvalue weighted by Gasteiger charge is -2.02. The summed E-state index contributed by atoms with van der Waals surface area (Å²) in [5, 5.41) is 2.78. The van der Waals surface area contributed by atoms with Crippen LogP contribution in [0.1, 0.15) is 12.5 Å². The number of hydrogen-bond donors (Lipinski definition) is 2. The van der Waals surface area contributed by atoms with Crippen LogP contribution in [-0.2, 0) is 11.3 Å². The average Bonchev–Trinajstić information content (AvgIpc) is 2.29. The maximum Gasteiger partial charge on any atom is 0.244 e. The number of nitrogen functional groups attached to an aromatic ring is 1. The Morgan fingerprint density at radius 2 is 2.00 bits per heavy atom. The summed E-state index contributed by atoms with van der Waals surface area (Å²) in [6.07, 6.45) is 6.88. The summed E-state index contributed by atoms with van der Waals surface area (Å²) in [6.45, 7) is 2.41. The first-order valence-electron chi connectivity index (χ1n) is 5.14. The molecule has 3 heteroatoms. The molecule has 1 amide bonds. The number of allylic oxidation sites excluding steroid dienone is 3. The number of carbonyl (C=O) groups excluding carboxylic acids is 1. The molecule has 0 radical (unpaired) electrons. The second kappa shape index (κ2) is 6.45.